The van der Waals surface area contributed by atoms with E-state index in [0.717, 1.165) is 66.8 Å². The number of ether oxygens (including phenoxy) is 1. The molecule has 1 aliphatic carbocycles. The molecule has 2 unspecified atom stereocenters. The van der Waals surface area contributed by atoms with Crippen molar-refractivity contribution in [2.45, 2.75) is 50.5 Å². The van der Waals surface area contributed by atoms with E-state index in [1.54, 1.807) is 17.3 Å². The zero-order valence-electron chi connectivity index (χ0n) is 20.4. The number of fused-ring (bicyclic) bond motifs is 2. The lowest BCUT2D eigenvalue weighted by molar-refractivity contribution is -0.125. The fraction of sp³-hybridized carbons (Fsp3) is 0.407. The number of amides is 1. The first kappa shape index (κ1) is 24.2. The number of carbonyl (C=O) groups is 1. The molecule has 192 valence electrons. The maximum Gasteiger partial charge on any atom is 0.234 e. The van der Waals surface area contributed by atoms with Crippen molar-refractivity contribution in [3.63, 3.8) is 0 Å². The minimum Gasteiger partial charge on any atom is -0.381 e. The van der Waals surface area contributed by atoms with Gasteiger partial charge in [0.2, 0.25) is 11.9 Å². The maximum atomic E-state index is 12.9. The van der Waals surface area contributed by atoms with E-state index in [1.165, 1.54) is 0 Å². The molecule has 0 radical (unpaired) electrons. The van der Waals surface area contributed by atoms with E-state index in [0.29, 0.717) is 23.2 Å². The highest BCUT2D eigenvalue weighted by molar-refractivity contribution is 6.32. The second-order valence-electron chi connectivity index (χ2n) is 9.81. The molecular formula is C27H29ClN6O3. The zero-order chi connectivity index (χ0) is 25.4. The van der Waals surface area contributed by atoms with Crippen molar-refractivity contribution in [1.29, 1.82) is 0 Å². The fourth-order valence-electron chi connectivity index (χ4n) is 5.42. The molecule has 37 heavy (non-hydrogen) atoms. The van der Waals surface area contributed by atoms with E-state index < -0.39 is 6.23 Å². The quantitative estimate of drug-likeness (QED) is 0.453. The number of halogens is 1. The summed E-state index contributed by atoms with van der Waals surface area (Å²) in [6, 6.07) is 9.97. The van der Waals surface area contributed by atoms with Gasteiger partial charge in [0.1, 0.15) is 6.23 Å². The molecule has 1 fully saturated rings. The van der Waals surface area contributed by atoms with Crippen molar-refractivity contribution in [2.75, 3.05) is 25.1 Å². The number of nitrogens with zero attached hydrogens (tertiary/aromatic N) is 4. The lowest BCUT2D eigenvalue weighted by Crippen LogP contribution is -2.37. The Balaban J connectivity index is 1.14. The van der Waals surface area contributed by atoms with Crippen LogP contribution in [0.4, 0.5) is 5.95 Å². The highest BCUT2D eigenvalue weighted by Gasteiger charge is 2.32. The van der Waals surface area contributed by atoms with Gasteiger partial charge in [-0.3, -0.25) is 14.7 Å². The Kier molecular flexibility index (Phi) is 6.77. The molecule has 3 aromatic rings. The van der Waals surface area contributed by atoms with Gasteiger partial charge >= 0.3 is 0 Å². The van der Waals surface area contributed by atoms with E-state index in [2.05, 4.69) is 25.6 Å². The van der Waals surface area contributed by atoms with Crippen LogP contribution in [-0.2, 0) is 22.5 Å². The summed E-state index contributed by atoms with van der Waals surface area (Å²) in [5.41, 5.74) is 5.26. The second-order valence-corrected chi connectivity index (χ2v) is 10.2. The molecule has 0 spiro atoms. The molecule has 9 nitrogen and oxygen atoms in total. The summed E-state index contributed by atoms with van der Waals surface area (Å²) in [6.07, 6.45) is 6.00. The Morgan fingerprint density at radius 1 is 1.16 bits per heavy atom. The van der Waals surface area contributed by atoms with Gasteiger partial charge in [0.15, 0.2) is 0 Å². The monoisotopic (exact) mass is 520 g/mol. The van der Waals surface area contributed by atoms with Gasteiger partial charge in [-0.25, -0.2) is 9.97 Å². The lowest BCUT2D eigenvalue weighted by Gasteiger charge is -2.23. The molecule has 2 aromatic heterocycles. The van der Waals surface area contributed by atoms with Crippen LogP contribution < -0.4 is 10.6 Å². The van der Waals surface area contributed by atoms with Crippen molar-refractivity contribution < 1.29 is 14.6 Å². The van der Waals surface area contributed by atoms with Crippen LogP contribution in [0.2, 0.25) is 5.02 Å². The molecule has 6 rings (SSSR count). The number of benzene rings is 1. The molecule has 1 amide bonds. The predicted molar refractivity (Wildman–Crippen MR) is 139 cm³/mol. The van der Waals surface area contributed by atoms with Gasteiger partial charge in [-0.2, -0.15) is 0 Å². The topological polar surface area (TPSA) is 113 Å². The molecule has 10 heteroatoms. The van der Waals surface area contributed by atoms with Gasteiger partial charge in [-0.05, 0) is 48.9 Å². The molecule has 1 saturated heterocycles. The highest BCUT2D eigenvalue weighted by Crippen LogP contribution is 2.36. The first-order valence-electron chi connectivity index (χ1n) is 12.7. The normalized spacial score (nSPS) is 21.5. The SMILES string of the molecule is O=C(CN1Cc2ccc(-c3nc(NC4CCOCC4)ncc3Cl)cc2C1O)NC1CCc2ncccc21. The van der Waals surface area contributed by atoms with Gasteiger partial charge in [0.05, 0.1) is 29.5 Å². The van der Waals surface area contributed by atoms with Crippen molar-refractivity contribution in [1.82, 2.24) is 25.2 Å². The Morgan fingerprint density at radius 2 is 2.03 bits per heavy atom. The number of anilines is 1. The van der Waals surface area contributed by atoms with Crippen molar-refractivity contribution >= 4 is 23.5 Å². The number of hydrogen-bond donors (Lipinski definition) is 3. The first-order valence-corrected chi connectivity index (χ1v) is 13.1. The number of aliphatic hydroxyl groups is 1. The van der Waals surface area contributed by atoms with Crippen LogP contribution in [0.3, 0.4) is 0 Å². The van der Waals surface area contributed by atoms with Crippen LogP contribution in [0.25, 0.3) is 11.3 Å². The third kappa shape index (κ3) is 5.04. The summed E-state index contributed by atoms with van der Waals surface area (Å²) in [5.74, 6) is 0.408. The van der Waals surface area contributed by atoms with Crippen LogP contribution in [0.15, 0.2) is 42.7 Å². The second kappa shape index (κ2) is 10.3. The lowest BCUT2D eigenvalue weighted by atomic mass is 10.0. The number of aromatic nitrogens is 3. The fourth-order valence-corrected chi connectivity index (χ4v) is 5.62. The summed E-state index contributed by atoms with van der Waals surface area (Å²) in [5, 5.41) is 18.0. The predicted octanol–water partition coefficient (Wildman–Crippen LogP) is 3.39. The molecule has 2 aliphatic heterocycles. The standard InChI is InChI=1S/C27H29ClN6O3/c28-21-13-30-27(31-18-7-10-37-11-8-18)33-25(21)16-3-4-17-14-34(26(36)20(17)12-16)15-24(35)32-23-6-5-22-19(23)2-1-9-29-22/h1-4,9,12-13,18,23,26,36H,5-8,10-11,14-15H2,(H,32,35)(H,30,31,33). The van der Waals surface area contributed by atoms with Crippen LogP contribution in [0, 0.1) is 0 Å². The molecule has 3 N–H and O–H groups in total. The number of carbonyl (C=O) groups excluding carboxylic acids is 1. The van der Waals surface area contributed by atoms with E-state index >= 15 is 0 Å². The van der Waals surface area contributed by atoms with Crippen LogP contribution >= 0.6 is 11.6 Å². The van der Waals surface area contributed by atoms with Gasteiger partial charge < -0.3 is 20.5 Å². The summed E-state index contributed by atoms with van der Waals surface area (Å²) in [7, 11) is 0. The van der Waals surface area contributed by atoms with E-state index in [9.17, 15) is 9.90 Å². The zero-order valence-corrected chi connectivity index (χ0v) is 21.1. The molecule has 0 bridgehead atoms. The summed E-state index contributed by atoms with van der Waals surface area (Å²) < 4.78 is 5.42. The minimum absolute atomic E-state index is 0.0335. The Hall–Kier alpha value is -3.11. The maximum absolute atomic E-state index is 12.9. The third-order valence-electron chi connectivity index (χ3n) is 7.37. The van der Waals surface area contributed by atoms with Crippen molar-refractivity contribution in [2.24, 2.45) is 0 Å². The molecule has 0 saturated carbocycles. The number of aryl methyl sites for hydroxylation is 1. The number of pyridine rings is 1. The Labute approximate surface area is 220 Å². The number of aliphatic hydroxyl groups excluding tert-OH is 1. The average Bonchev–Trinajstić information content (AvgIpc) is 3.46. The molecule has 3 aliphatic rings. The summed E-state index contributed by atoms with van der Waals surface area (Å²) in [6.45, 7) is 2.03. The largest absolute Gasteiger partial charge is 0.381 e. The van der Waals surface area contributed by atoms with E-state index in [4.69, 9.17) is 16.3 Å². The Morgan fingerprint density at radius 3 is 2.89 bits per heavy atom. The van der Waals surface area contributed by atoms with Crippen LogP contribution in [0.5, 0.6) is 0 Å². The first-order chi connectivity index (χ1) is 18.0. The molecule has 2 atom stereocenters. The summed E-state index contributed by atoms with van der Waals surface area (Å²) in [4.78, 5) is 28.0. The van der Waals surface area contributed by atoms with E-state index in [-0.39, 0.29) is 24.5 Å². The van der Waals surface area contributed by atoms with Gasteiger partial charge in [0, 0.05) is 48.8 Å². The van der Waals surface area contributed by atoms with Gasteiger partial charge in [-0.1, -0.05) is 29.8 Å². The average molecular weight is 521 g/mol. The van der Waals surface area contributed by atoms with Gasteiger partial charge in [0.25, 0.3) is 0 Å². The molecule has 1 aromatic carbocycles. The highest BCUT2D eigenvalue weighted by atomic mass is 35.5. The van der Waals surface area contributed by atoms with Crippen molar-refractivity contribution in [3.05, 3.63) is 70.1 Å². The van der Waals surface area contributed by atoms with E-state index in [1.807, 2.05) is 30.3 Å². The molecule has 4 heterocycles. The summed E-state index contributed by atoms with van der Waals surface area (Å²) >= 11 is 6.47. The van der Waals surface area contributed by atoms with Crippen LogP contribution in [-0.4, -0.2) is 56.7 Å². The minimum atomic E-state index is -0.890. The number of hydrogen-bond acceptors (Lipinski definition) is 8. The van der Waals surface area contributed by atoms with Gasteiger partial charge in [-0.15, -0.1) is 0 Å². The smallest absolute Gasteiger partial charge is 0.234 e. The third-order valence-corrected chi connectivity index (χ3v) is 7.64. The molecular weight excluding hydrogens is 492 g/mol. The number of rotatable bonds is 6. The number of nitrogens with one attached hydrogen (secondary N) is 2. The van der Waals surface area contributed by atoms with Crippen molar-refractivity contribution in [3.8, 4) is 11.3 Å². The van der Waals surface area contributed by atoms with Crippen LogP contribution in [0.1, 0.15) is 53.9 Å². The Bertz CT molecular complexity index is 1320.